The highest BCUT2D eigenvalue weighted by atomic mass is 35.5. The summed E-state index contributed by atoms with van der Waals surface area (Å²) < 4.78 is 26.7. The third kappa shape index (κ3) is 8.29. The highest BCUT2D eigenvalue weighted by Crippen LogP contribution is 2.38. The average molecular weight is 496 g/mol. The van der Waals surface area contributed by atoms with E-state index in [9.17, 15) is 4.79 Å². The van der Waals surface area contributed by atoms with E-state index < -0.39 is 5.97 Å². The molecule has 1 unspecified atom stereocenters. The molecule has 0 radical (unpaired) electrons. The van der Waals surface area contributed by atoms with E-state index in [4.69, 9.17) is 23.7 Å². The van der Waals surface area contributed by atoms with Crippen molar-refractivity contribution in [3.05, 3.63) is 47.5 Å². The lowest BCUT2D eigenvalue weighted by Crippen LogP contribution is -2.35. The van der Waals surface area contributed by atoms with Crippen molar-refractivity contribution in [3.8, 4) is 23.0 Å². The van der Waals surface area contributed by atoms with Gasteiger partial charge in [-0.2, -0.15) is 0 Å². The molecule has 0 aliphatic heterocycles. The number of rotatable bonds is 14. The molecule has 0 spiro atoms. The zero-order valence-corrected chi connectivity index (χ0v) is 21.9. The highest BCUT2D eigenvalue weighted by molar-refractivity contribution is 5.91. The molecule has 0 saturated carbocycles. The van der Waals surface area contributed by atoms with Crippen LogP contribution < -0.4 is 18.9 Å². The van der Waals surface area contributed by atoms with Crippen molar-refractivity contribution in [2.75, 3.05) is 48.1 Å². The number of unbranched alkanes of at least 4 members (excludes halogenated alkanes) is 1. The monoisotopic (exact) mass is 495 g/mol. The van der Waals surface area contributed by atoms with Crippen molar-refractivity contribution in [3.63, 3.8) is 0 Å². The number of hydrogen-bond acceptors (Lipinski definition) is 7. The molecule has 8 heteroatoms. The summed E-state index contributed by atoms with van der Waals surface area (Å²) in [5.74, 6) is 1.77. The molecule has 0 aliphatic rings. The molecule has 0 heterocycles. The quantitative estimate of drug-likeness (QED) is 0.269. The Morgan fingerprint density at radius 3 is 2.18 bits per heavy atom. The number of hydrogen-bond donors (Lipinski definition) is 0. The zero-order valence-electron chi connectivity index (χ0n) is 21.1. The van der Waals surface area contributed by atoms with E-state index in [0.717, 1.165) is 38.1 Å². The minimum absolute atomic E-state index is 0. The fraction of sp³-hybridized carbons (Fsp3) is 0.500. The minimum Gasteiger partial charge on any atom is -0.497 e. The first-order valence-electron chi connectivity index (χ1n) is 11.3. The summed E-state index contributed by atoms with van der Waals surface area (Å²) in [6, 6.07) is 11.8. The molecule has 0 bridgehead atoms. The maximum Gasteiger partial charge on any atom is 0.338 e. The fourth-order valence-corrected chi connectivity index (χ4v) is 3.82. The molecule has 0 aromatic heterocycles. The Kier molecular flexibility index (Phi) is 13.2. The van der Waals surface area contributed by atoms with Gasteiger partial charge in [0.05, 0.1) is 40.6 Å². The Bertz CT molecular complexity index is 866. The van der Waals surface area contributed by atoms with E-state index >= 15 is 0 Å². The van der Waals surface area contributed by atoms with Gasteiger partial charge in [-0.3, -0.25) is 0 Å². The Morgan fingerprint density at radius 2 is 1.62 bits per heavy atom. The topological polar surface area (TPSA) is 66.5 Å². The number of carbonyl (C=O) groups is 1. The van der Waals surface area contributed by atoms with E-state index in [1.54, 1.807) is 19.2 Å². The maximum atomic E-state index is 12.5. The molecular weight excluding hydrogens is 458 g/mol. The highest BCUT2D eigenvalue weighted by Gasteiger charge is 2.18. The van der Waals surface area contributed by atoms with E-state index in [-0.39, 0.29) is 12.4 Å². The Balaban J connectivity index is 0.00000578. The van der Waals surface area contributed by atoms with Crippen LogP contribution in [-0.4, -0.2) is 65.0 Å². The zero-order chi connectivity index (χ0) is 24.2. The van der Waals surface area contributed by atoms with Gasteiger partial charge in [0, 0.05) is 6.04 Å². The molecule has 0 N–H and O–H groups in total. The van der Waals surface area contributed by atoms with Crippen LogP contribution in [0.1, 0.15) is 42.6 Å². The third-order valence-electron chi connectivity index (χ3n) is 5.67. The summed E-state index contributed by atoms with van der Waals surface area (Å²) in [5, 5.41) is 0. The lowest BCUT2D eigenvalue weighted by Gasteiger charge is -2.28. The van der Waals surface area contributed by atoms with Gasteiger partial charge in [0.15, 0.2) is 11.5 Å². The first-order chi connectivity index (χ1) is 16.0. The predicted molar refractivity (Wildman–Crippen MR) is 136 cm³/mol. The summed E-state index contributed by atoms with van der Waals surface area (Å²) in [6.45, 7) is 6.69. The number of methoxy groups -OCH3 is 4. The fourth-order valence-electron chi connectivity index (χ4n) is 3.82. The number of benzene rings is 2. The van der Waals surface area contributed by atoms with Crippen molar-refractivity contribution in [2.24, 2.45) is 0 Å². The molecule has 34 heavy (non-hydrogen) atoms. The molecule has 0 fully saturated rings. The van der Waals surface area contributed by atoms with E-state index in [1.165, 1.54) is 26.9 Å². The molecule has 1 atom stereocenters. The maximum absolute atomic E-state index is 12.5. The Labute approximate surface area is 209 Å². The van der Waals surface area contributed by atoms with Gasteiger partial charge < -0.3 is 28.6 Å². The van der Waals surface area contributed by atoms with Crippen molar-refractivity contribution in [2.45, 2.75) is 39.2 Å². The molecular formula is C26H38ClNO6. The molecule has 190 valence electrons. The van der Waals surface area contributed by atoms with Gasteiger partial charge in [-0.05, 0) is 69.1 Å². The SMILES string of the molecule is CCN(CCCCOC(=O)c1cc(OC)c(OC)c(OC)c1)C(C)Cc1cccc(OC)c1.Cl. The molecule has 2 rings (SSSR count). The van der Waals surface area contributed by atoms with Crippen LogP contribution in [0.5, 0.6) is 23.0 Å². The number of esters is 1. The summed E-state index contributed by atoms with van der Waals surface area (Å²) >= 11 is 0. The number of halogens is 1. The number of ether oxygens (including phenoxy) is 5. The number of carbonyl (C=O) groups excluding carboxylic acids is 1. The van der Waals surface area contributed by atoms with Crippen LogP contribution in [0.3, 0.4) is 0 Å². The van der Waals surface area contributed by atoms with Gasteiger partial charge in [-0.15, -0.1) is 12.4 Å². The van der Waals surface area contributed by atoms with E-state index in [0.29, 0.717) is 35.5 Å². The van der Waals surface area contributed by atoms with E-state index in [1.807, 2.05) is 12.1 Å². The molecule has 2 aromatic rings. The molecule has 7 nitrogen and oxygen atoms in total. The van der Waals surface area contributed by atoms with Gasteiger partial charge in [0.25, 0.3) is 0 Å². The van der Waals surface area contributed by atoms with Crippen LogP contribution in [0.25, 0.3) is 0 Å². The van der Waals surface area contributed by atoms with Crippen LogP contribution in [0.4, 0.5) is 0 Å². The van der Waals surface area contributed by atoms with Gasteiger partial charge in [-0.25, -0.2) is 4.79 Å². The van der Waals surface area contributed by atoms with Crippen LogP contribution in [0.15, 0.2) is 36.4 Å². The van der Waals surface area contributed by atoms with Gasteiger partial charge >= 0.3 is 5.97 Å². The first kappa shape index (κ1) is 29.4. The van der Waals surface area contributed by atoms with Crippen LogP contribution in [-0.2, 0) is 11.2 Å². The number of nitrogens with zero attached hydrogens (tertiary/aromatic N) is 1. The smallest absolute Gasteiger partial charge is 0.338 e. The van der Waals surface area contributed by atoms with Crippen LogP contribution in [0.2, 0.25) is 0 Å². The van der Waals surface area contributed by atoms with Crippen LogP contribution in [0, 0.1) is 0 Å². The largest absolute Gasteiger partial charge is 0.497 e. The predicted octanol–water partition coefficient (Wildman–Crippen LogP) is 5.03. The standard InChI is InChI=1S/C26H37NO6.ClH/c1-7-27(19(2)15-20-11-10-12-22(16-20)29-3)13-8-9-14-33-26(28)21-17-23(30-4)25(32-6)24(18-21)31-5;/h10-12,16-19H,7-9,13-15H2,1-6H3;1H. The number of likely N-dealkylation sites (N-methyl/N-ethyl adjacent to an activating group) is 1. The summed E-state index contributed by atoms with van der Waals surface area (Å²) in [4.78, 5) is 14.9. The Morgan fingerprint density at radius 1 is 0.941 bits per heavy atom. The van der Waals surface area contributed by atoms with Crippen molar-refractivity contribution >= 4 is 18.4 Å². The third-order valence-corrected chi connectivity index (χ3v) is 5.67. The van der Waals surface area contributed by atoms with Crippen molar-refractivity contribution in [1.82, 2.24) is 4.90 Å². The first-order valence-corrected chi connectivity index (χ1v) is 11.3. The van der Waals surface area contributed by atoms with Gasteiger partial charge in [0.1, 0.15) is 5.75 Å². The molecule has 0 amide bonds. The van der Waals surface area contributed by atoms with E-state index in [2.05, 4.69) is 30.9 Å². The molecule has 2 aromatic carbocycles. The molecule has 0 aliphatic carbocycles. The molecule has 0 saturated heterocycles. The Hall–Kier alpha value is -2.64. The normalized spacial score (nSPS) is 11.4. The second-order valence-electron chi connectivity index (χ2n) is 7.79. The minimum atomic E-state index is -0.409. The second kappa shape index (κ2) is 15.3. The van der Waals surface area contributed by atoms with Crippen molar-refractivity contribution < 1.29 is 28.5 Å². The summed E-state index contributed by atoms with van der Waals surface area (Å²) in [7, 11) is 6.24. The lowest BCUT2D eigenvalue weighted by molar-refractivity contribution is 0.0492. The van der Waals surface area contributed by atoms with Gasteiger partial charge in [-0.1, -0.05) is 19.1 Å². The average Bonchev–Trinajstić information content (AvgIpc) is 2.84. The van der Waals surface area contributed by atoms with Gasteiger partial charge in [0.2, 0.25) is 5.75 Å². The second-order valence-corrected chi connectivity index (χ2v) is 7.79. The van der Waals surface area contributed by atoms with Crippen LogP contribution >= 0.6 is 12.4 Å². The summed E-state index contributed by atoms with van der Waals surface area (Å²) in [5.41, 5.74) is 1.63. The summed E-state index contributed by atoms with van der Waals surface area (Å²) in [6.07, 6.45) is 2.69. The van der Waals surface area contributed by atoms with Crippen molar-refractivity contribution in [1.29, 1.82) is 0 Å². The lowest BCUT2D eigenvalue weighted by atomic mass is 10.1.